The van der Waals surface area contributed by atoms with Crippen LogP contribution in [0.1, 0.15) is 17.9 Å². The molecule has 3 nitrogen and oxygen atoms in total. The van der Waals surface area contributed by atoms with Crippen LogP contribution in [0.4, 0.5) is 0 Å². The van der Waals surface area contributed by atoms with Crippen molar-refractivity contribution in [2.24, 2.45) is 0 Å². The van der Waals surface area contributed by atoms with Gasteiger partial charge >= 0.3 is 0 Å². The zero-order valence-electron chi connectivity index (χ0n) is 8.28. The molecule has 1 atom stereocenters. The van der Waals surface area contributed by atoms with Crippen LogP contribution < -0.4 is 0 Å². The van der Waals surface area contributed by atoms with Gasteiger partial charge in [-0.15, -0.1) is 0 Å². The predicted octanol–water partition coefficient (Wildman–Crippen LogP) is 3.82. The largest absolute Gasteiger partial charge is 0.460 e. The second kappa shape index (κ2) is 4.05. The number of hydrogen-bond donors (Lipinski definition) is 0. The van der Waals surface area contributed by atoms with Gasteiger partial charge in [0.05, 0.1) is 0 Å². The van der Waals surface area contributed by atoms with Crippen molar-refractivity contribution < 1.29 is 12.8 Å². The van der Waals surface area contributed by atoms with Crippen LogP contribution in [0.2, 0.25) is 0 Å². The van der Waals surface area contributed by atoms with E-state index in [1.807, 2.05) is 12.1 Å². The third kappa shape index (κ3) is 2.26. The van der Waals surface area contributed by atoms with Crippen LogP contribution >= 0.6 is 26.6 Å². The Morgan fingerprint density at radius 1 is 1.38 bits per heavy atom. The van der Waals surface area contributed by atoms with E-state index in [2.05, 4.69) is 15.9 Å². The molecule has 0 aliphatic heterocycles. The van der Waals surface area contributed by atoms with E-state index in [0.717, 1.165) is 9.86 Å². The van der Waals surface area contributed by atoms with Gasteiger partial charge in [-0.05, 0) is 31.2 Å². The Hall–Kier alpha value is -0.520. The predicted molar refractivity (Wildman–Crippen MR) is 67.1 cm³/mol. The monoisotopic (exact) mass is 322 g/mol. The van der Waals surface area contributed by atoms with Gasteiger partial charge in [-0.3, -0.25) is 0 Å². The van der Waals surface area contributed by atoms with E-state index < -0.39 is 14.3 Å². The zero-order valence-corrected chi connectivity index (χ0v) is 11.4. The molecule has 1 aromatic heterocycles. The fraction of sp³-hybridized carbons (Fsp3) is 0.200. The third-order valence-corrected chi connectivity index (χ3v) is 4.69. The number of fused-ring (bicyclic) bond motifs is 1. The fourth-order valence-electron chi connectivity index (χ4n) is 1.37. The molecule has 16 heavy (non-hydrogen) atoms. The summed E-state index contributed by atoms with van der Waals surface area (Å²) in [6.07, 6.45) is 0. The van der Waals surface area contributed by atoms with Gasteiger partial charge in [0.25, 0.3) is 0 Å². The summed E-state index contributed by atoms with van der Waals surface area (Å²) >= 11 is 3.33. The van der Waals surface area contributed by atoms with E-state index >= 15 is 0 Å². The number of furan rings is 1. The van der Waals surface area contributed by atoms with E-state index in [1.54, 1.807) is 12.1 Å². The van der Waals surface area contributed by atoms with Gasteiger partial charge < -0.3 is 4.42 Å². The third-order valence-electron chi connectivity index (χ3n) is 2.32. The molecule has 0 spiro atoms. The maximum absolute atomic E-state index is 11.2. The molecule has 0 saturated heterocycles. The van der Waals surface area contributed by atoms with E-state index in [9.17, 15) is 8.42 Å². The van der Waals surface area contributed by atoms with Crippen molar-refractivity contribution in [2.45, 2.75) is 12.2 Å². The lowest BCUT2D eigenvalue weighted by molar-refractivity contribution is 0.535. The van der Waals surface area contributed by atoms with Gasteiger partial charge in [0.1, 0.15) is 16.6 Å². The molecule has 0 fully saturated rings. The minimum absolute atomic E-state index is 0.350. The molecular formula is C10H8BrClO3S. The van der Waals surface area contributed by atoms with Crippen LogP contribution in [-0.2, 0) is 9.05 Å². The van der Waals surface area contributed by atoms with Crippen molar-refractivity contribution in [3.05, 3.63) is 34.5 Å². The first kappa shape index (κ1) is 12.0. The molecule has 86 valence electrons. The number of benzene rings is 1. The summed E-state index contributed by atoms with van der Waals surface area (Å²) in [7, 11) is 1.63. The molecule has 1 unspecified atom stereocenters. The highest BCUT2D eigenvalue weighted by atomic mass is 79.9. The van der Waals surface area contributed by atoms with Gasteiger partial charge in [0.2, 0.25) is 9.05 Å². The average Bonchev–Trinajstić information content (AvgIpc) is 2.57. The highest BCUT2D eigenvalue weighted by molar-refractivity contribution is 9.10. The summed E-state index contributed by atoms with van der Waals surface area (Å²) in [5.41, 5.74) is 0.644. The summed E-state index contributed by atoms with van der Waals surface area (Å²) in [4.78, 5) is 0. The van der Waals surface area contributed by atoms with Crippen LogP contribution in [0.3, 0.4) is 0 Å². The minimum Gasteiger partial charge on any atom is -0.460 e. The lowest BCUT2D eigenvalue weighted by Gasteiger charge is -2.01. The van der Waals surface area contributed by atoms with Crippen LogP contribution in [-0.4, -0.2) is 8.42 Å². The van der Waals surface area contributed by atoms with Gasteiger partial charge in [0, 0.05) is 20.5 Å². The molecule has 1 heterocycles. The lowest BCUT2D eigenvalue weighted by Crippen LogP contribution is -2.00. The van der Waals surface area contributed by atoms with Crippen molar-refractivity contribution in [1.82, 2.24) is 0 Å². The summed E-state index contributed by atoms with van der Waals surface area (Å²) in [6, 6.07) is 7.15. The fourth-order valence-corrected chi connectivity index (χ4v) is 2.41. The van der Waals surface area contributed by atoms with Gasteiger partial charge in [-0.2, -0.15) is 0 Å². The molecule has 2 rings (SSSR count). The molecule has 2 aromatic rings. The summed E-state index contributed by atoms with van der Waals surface area (Å²) in [6.45, 7) is 1.50. The van der Waals surface area contributed by atoms with Crippen molar-refractivity contribution in [2.75, 3.05) is 0 Å². The first-order chi connectivity index (χ1) is 7.38. The molecule has 0 aliphatic carbocycles. The molecular weight excluding hydrogens is 316 g/mol. The smallest absolute Gasteiger partial charge is 0.242 e. The van der Waals surface area contributed by atoms with Gasteiger partial charge in [-0.25, -0.2) is 8.42 Å². The second-order valence-corrected chi connectivity index (χ2v) is 7.31. The van der Waals surface area contributed by atoms with Crippen molar-refractivity contribution in [3.8, 4) is 0 Å². The maximum Gasteiger partial charge on any atom is 0.242 e. The average molecular weight is 324 g/mol. The van der Waals surface area contributed by atoms with E-state index in [1.165, 1.54) is 6.92 Å². The van der Waals surface area contributed by atoms with E-state index in [-0.39, 0.29) is 0 Å². The minimum atomic E-state index is -3.65. The molecule has 0 amide bonds. The molecule has 1 aromatic carbocycles. The Morgan fingerprint density at radius 2 is 2.06 bits per heavy atom. The van der Waals surface area contributed by atoms with Gasteiger partial charge in [-0.1, -0.05) is 15.9 Å². The number of halogens is 2. The van der Waals surface area contributed by atoms with Crippen molar-refractivity contribution in [1.29, 1.82) is 0 Å². The number of hydrogen-bond acceptors (Lipinski definition) is 3. The van der Waals surface area contributed by atoms with Gasteiger partial charge in [0.15, 0.2) is 0 Å². The summed E-state index contributed by atoms with van der Waals surface area (Å²) in [5, 5.41) is -0.00289. The topological polar surface area (TPSA) is 47.3 Å². The molecule has 0 saturated carbocycles. The van der Waals surface area contributed by atoms with Crippen LogP contribution in [0, 0.1) is 0 Å². The first-order valence-corrected chi connectivity index (χ1v) is 7.67. The Labute approximate surface area is 106 Å². The highest BCUT2D eigenvalue weighted by Gasteiger charge is 2.23. The van der Waals surface area contributed by atoms with Crippen molar-refractivity contribution >= 4 is 46.6 Å². The van der Waals surface area contributed by atoms with E-state index in [0.29, 0.717) is 11.3 Å². The lowest BCUT2D eigenvalue weighted by atomic mass is 10.2. The molecule has 0 N–H and O–H groups in total. The Kier molecular flexibility index (Phi) is 3.03. The van der Waals surface area contributed by atoms with Crippen LogP contribution in [0.15, 0.2) is 33.2 Å². The summed E-state index contributed by atoms with van der Waals surface area (Å²) in [5.74, 6) is 0.350. The van der Waals surface area contributed by atoms with Crippen molar-refractivity contribution in [3.63, 3.8) is 0 Å². The zero-order chi connectivity index (χ0) is 11.9. The first-order valence-electron chi connectivity index (χ1n) is 4.50. The SMILES string of the molecule is CC(c1cc2cc(Br)ccc2o1)S(=O)(=O)Cl. The van der Waals surface area contributed by atoms with Crippen LogP contribution in [0.5, 0.6) is 0 Å². The molecule has 0 bridgehead atoms. The standard InChI is InChI=1S/C10H8BrClO3S/c1-6(16(12,13)14)10-5-7-4-8(11)2-3-9(7)15-10/h2-6H,1H3. The second-order valence-electron chi connectivity index (χ2n) is 3.45. The molecule has 0 radical (unpaired) electrons. The molecule has 0 aliphatic rings. The highest BCUT2D eigenvalue weighted by Crippen LogP contribution is 2.31. The maximum atomic E-state index is 11.2. The Bertz CT molecular complexity index is 633. The van der Waals surface area contributed by atoms with Crippen LogP contribution in [0.25, 0.3) is 11.0 Å². The Balaban J connectivity index is 2.56. The quantitative estimate of drug-likeness (QED) is 0.789. The normalized spacial score (nSPS) is 14.2. The Morgan fingerprint density at radius 3 is 2.69 bits per heavy atom. The number of rotatable bonds is 2. The van der Waals surface area contributed by atoms with E-state index in [4.69, 9.17) is 15.1 Å². The molecule has 6 heteroatoms. The summed E-state index contributed by atoms with van der Waals surface area (Å²) < 4.78 is 28.7.